The Balaban J connectivity index is 1.43. The molecule has 7 heteroatoms. The molecular formula is C20H29N3O3S. The minimum Gasteiger partial charge on any atom is -0.378 e. The average molecular weight is 392 g/mol. The topological polar surface area (TPSA) is 80.3 Å². The Morgan fingerprint density at radius 2 is 2.22 bits per heavy atom. The van der Waals surface area contributed by atoms with E-state index in [-0.39, 0.29) is 34.8 Å². The molecule has 0 aromatic carbocycles. The van der Waals surface area contributed by atoms with Gasteiger partial charge in [0.2, 0.25) is 5.91 Å². The minimum absolute atomic E-state index is 0.0618. The summed E-state index contributed by atoms with van der Waals surface area (Å²) in [5.74, 6) is 1.08. The van der Waals surface area contributed by atoms with Gasteiger partial charge < -0.3 is 15.4 Å². The SMILES string of the molecule is CC(=O)N[C@H]1C(C)(C)[C@@H]2C[C@@H]3[C@@H](CCNC(=O)c4cncs4)OCCC31C2. The van der Waals surface area contributed by atoms with E-state index in [1.54, 1.807) is 18.6 Å². The smallest absolute Gasteiger partial charge is 0.262 e. The summed E-state index contributed by atoms with van der Waals surface area (Å²) < 4.78 is 6.16. The first kappa shape index (κ1) is 18.9. The van der Waals surface area contributed by atoms with Crippen molar-refractivity contribution in [3.05, 3.63) is 16.6 Å². The highest BCUT2D eigenvalue weighted by Gasteiger charge is 2.68. The number of carbonyl (C=O) groups excluding carboxylic acids is 2. The molecule has 1 spiro atoms. The normalized spacial score (nSPS) is 36.3. The minimum atomic E-state index is -0.0618. The molecule has 1 saturated heterocycles. The Hall–Kier alpha value is -1.47. The van der Waals surface area contributed by atoms with Crippen LogP contribution in [0.25, 0.3) is 0 Å². The zero-order valence-corrected chi connectivity index (χ0v) is 17.1. The molecule has 5 atom stereocenters. The number of rotatable bonds is 5. The Bertz CT molecular complexity index is 720. The van der Waals surface area contributed by atoms with Crippen LogP contribution in [0, 0.1) is 22.7 Å². The van der Waals surface area contributed by atoms with E-state index in [9.17, 15) is 9.59 Å². The van der Waals surface area contributed by atoms with Crippen molar-refractivity contribution in [2.24, 2.45) is 22.7 Å². The van der Waals surface area contributed by atoms with Crippen LogP contribution in [-0.4, -0.2) is 42.1 Å². The van der Waals surface area contributed by atoms with Crippen LogP contribution >= 0.6 is 11.3 Å². The lowest BCUT2D eigenvalue weighted by molar-refractivity contribution is -0.135. The number of hydrogen-bond donors (Lipinski definition) is 2. The van der Waals surface area contributed by atoms with Crippen LogP contribution in [0.15, 0.2) is 11.7 Å². The summed E-state index contributed by atoms with van der Waals surface area (Å²) in [6, 6.07) is 0.212. The van der Waals surface area contributed by atoms with Crippen LogP contribution < -0.4 is 10.6 Å². The summed E-state index contributed by atoms with van der Waals surface area (Å²) in [6.07, 6.45) is 5.93. The number of nitrogens with one attached hydrogen (secondary N) is 2. The molecule has 1 aliphatic heterocycles. The van der Waals surface area contributed by atoms with Gasteiger partial charge in [-0.25, -0.2) is 0 Å². The first-order valence-electron chi connectivity index (χ1n) is 9.90. The van der Waals surface area contributed by atoms with Crippen molar-refractivity contribution in [1.29, 1.82) is 0 Å². The van der Waals surface area contributed by atoms with Gasteiger partial charge in [0.05, 0.1) is 17.8 Å². The second kappa shape index (κ2) is 6.85. The highest BCUT2D eigenvalue weighted by Crippen LogP contribution is 2.68. The van der Waals surface area contributed by atoms with Gasteiger partial charge in [-0.3, -0.25) is 14.6 Å². The fourth-order valence-electron chi connectivity index (χ4n) is 6.14. The molecule has 2 N–H and O–H groups in total. The van der Waals surface area contributed by atoms with Gasteiger partial charge >= 0.3 is 0 Å². The highest BCUT2D eigenvalue weighted by atomic mass is 32.1. The Morgan fingerprint density at radius 1 is 1.41 bits per heavy atom. The number of carbonyl (C=O) groups is 2. The third-order valence-corrected chi connectivity index (χ3v) is 8.11. The van der Waals surface area contributed by atoms with E-state index in [0.29, 0.717) is 23.3 Å². The van der Waals surface area contributed by atoms with Crippen molar-refractivity contribution < 1.29 is 14.3 Å². The van der Waals surface area contributed by atoms with Crippen LogP contribution in [-0.2, 0) is 9.53 Å². The molecule has 2 bridgehead atoms. The molecular weight excluding hydrogens is 362 g/mol. The summed E-state index contributed by atoms with van der Waals surface area (Å²) >= 11 is 1.35. The van der Waals surface area contributed by atoms with Crippen LogP contribution in [0.5, 0.6) is 0 Å². The van der Waals surface area contributed by atoms with E-state index < -0.39 is 0 Å². The molecule has 1 aromatic rings. The summed E-state index contributed by atoms with van der Waals surface area (Å²) in [5, 5.41) is 6.29. The van der Waals surface area contributed by atoms with Gasteiger partial charge in [-0.2, -0.15) is 0 Å². The molecule has 2 amide bonds. The third kappa shape index (κ3) is 3.09. The lowest BCUT2D eigenvalue weighted by atomic mass is 9.59. The number of thiazole rings is 1. The molecule has 2 heterocycles. The average Bonchev–Trinajstić information content (AvgIpc) is 3.30. The zero-order chi connectivity index (χ0) is 19.2. The van der Waals surface area contributed by atoms with Crippen LogP contribution in [0.1, 0.15) is 56.1 Å². The molecule has 6 nitrogen and oxygen atoms in total. The summed E-state index contributed by atoms with van der Waals surface area (Å²) in [4.78, 5) is 28.6. The molecule has 4 rings (SSSR count). The van der Waals surface area contributed by atoms with E-state index in [1.165, 1.54) is 17.8 Å². The maximum atomic E-state index is 12.1. The van der Waals surface area contributed by atoms with E-state index >= 15 is 0 Å². The van der Waals surface area contributed by atoms with Crippen molar-refractivity contribution in [2.45, 2.75) is 58.6 Å². The number of ether oxygens (including phenoxy) is 1. The summed E-state index contributed by atoms with van der Waals surface area (Å²) in [5.41, 5.74) is 1.94. The van der Waals surface area contributed by atoms with Gasteiger partial charge in [-0.15, -0.1) is 11.3 Å². The van der Waals surface area contributed by atoms with E-state index in [0.717, 1.165) is 25.9 Å². The van der Waals surface area contributed by atoms with Crippen molar-refractivity contribution in [3.63, 3.8) is 0 Å². The third-order valence-electron chi connectivity index (χ3n) is 7.34. The Kier molecular flexibility index (Phi) is 4.79. The maximum Gasteiger partial charge on any atom is 0.262 e. The van der Waals surface area contributed by atoms with Crippen molar-refractivity contribution in [1.82, 2.24) is 15.6 Å². The Labute approximate surface area is 164 Å². The van der Waals surface area contributed by atoms with Crippen LogP contribution in [0.3, 0.4) is 0 Å². The predicted molar refractivity (Wildman–Crippen MR) is 103 cm³/mol. The molecule has 0 radical (unpaired) electrons. The maximum absolute atomic E-state index is 12.1. The molecule has 3 fully saturated rings. The number of nitrogens with zero attached hydrogens (tertiary/aromatic N) is 1. The number of hydrogen-bond acceptors (Lipinski definition) is 5. The number of aromatic nitrogens is 1. The van der Waals surface area contributed by atoms with Gasteiger partial charge in [0.15, 0.2) is 0 Å². The lowest BCUT2D eigenvalue weighted by Crippen LogP contribution is -2.60. The predicted octanol–water partition coefficient (Wildman–Crippen LogP) is 2.61. The van der Waals surface area contributed by atoms with E-state index in [1.807, 2.05) is 0 Å². The van der Waals surface area contributed by atoms with Gasteiger partial charge in [-0.1, -0.05) is 13.8 Å². The Morgan fingerprint density at radius 3 is 2.93 bits per heavy atom. The fraction of sp³-hybridized carbons (Fsp3) is 0.750. The first-order valence-corrected chi connectivity index (χ1v) is 10.8. The number of fused-ring (bicyclic) bond motifs is 1. The second-order valence-electron chi connectivity index (χ2n) is 9.00. The van der Waals surface area contributed by atoms with Crippen molar-refractivity contribution in [2.75, 3.05) is 13.2 Å². The molecule has 27 heavy (non-hydrogen) atoms. The number of amides is 2. The molecule has 2 saturated carbocycles. The molecule has 148 valence electrons. The standard InChI is InChI=1S/C20H29N3O3S/c1-12(24)23-18-19(2,3)13-8-14-15(26-7-5-20(14,18)9-13)4-6-22-17(25)16-10-21-11-27-16/h10-11,13-15,18H,4-9H2,1-3H3,(H,22,25)(H,23,24)/t13-,14-,15-,18+,20?/m1/s1. The summed E-state index contributed by atoms with van der Waals surface area (Å²) in [6.45, 7) is 7.58. The lowest BCUT2D eigenvalue weighted by Gasteiger charge is -2.53. The van der Waals surface area contributed by atoms with Crippen molar-refractivity contribution in [3.8, 4) is 0 Å². The first-order chi connectivity index (χ1) is 12.8. The van der Waals surface area contributed by atoms with Gasteiger partial charge in [0.1, 0.15) is 4.88 Å². The van der Waals surface area contributed by atoms with Gasteiger partial charge in [0.25, 0.3) is 5.91 Å². The quantitative estimate of drug-likeness (QED) is 0.809. The van der Waals surface area contributed by atoms with Gasteiger partial charge in [-0.05, 0) is 48.3 Å². The fourth-order valence-corrected chi connectivity index (χ4v) is 6.68. The van der Waals surface area contributed by atoms with E-state index in [4.69, 9.17) is 4.74 Å². The van der Waals surface area contributed by atoms with Crippen molar-refractivity contribution >= 4 is 23.2 Å². The molecule has 3 aliphatic rings. The van der Waals surface area contributed by atoms with Crippen LogP contribution in [0.2, 0.25) is 0 Å². The highest BCUT2D eigenvalue weighted by molar-refractivity contribution is 7.11. The molecule has 1 aromatic heterocycles. The van der Waals surface area contributed by atoms with Crippen LogP contribution in [0.4, 0.5) is 0 Å². The summed E-state index contributed by atoms with van der Waals surface area (Å²) in [7, 11) is 0. The molecule has 2 aliphatic carbocycles. The monoisotopic (exact) mass is 391 g/mol. The second-order valence-corrected chi connectivity index (χ2v) is 9.89. The largest absolute Gasteiger partial charge is 0.378 e. The molecule has 1 unspecified atom stereocenters. The van der Waals surface area contributed by atoms with Gasteiger partial charge in [0, 0.05) is 26.1 Å². The zero-order valence-electron chi connectivity index (χ0n) is 16.3. The van der Waals surface area contributed by atoms with E-state index in [2.05, 4.69) is 29.5 Å².